The first-order valence-electron chi connectivity index (χ1n) is 9.79. The minimum Gasteiger partial charge on any atom is -0.364 e. The minimum atomic E-state index is 0.545. The molecule has 0 bridgehead atoms. The van der Waals surface area contributed by atoms with E-state index in [1.807, 2.05) is 0 Å². The summed E-state index contributed by atoms with van der Waals surface area (Å²) < 4.78 is 0. The SMILES string of the molecule is CCCCCCCCC1c2ccccc2CCN1c1ccccc1. The Balaban J connectivity index is 1.70. The van der Waals surface area contributed by atoms with Gasteiger partial charge >= 0.3 is 0 Å². The smallest absolute Gasteiger partial charge is 0.0545 e. The molecule has 1 unspecified atom stereocenters. The maximum Gasteiger partial charge on any atom is 0.0545 e. The maximum atomic E-state index is 2.63. The summed E-state index contributed by atoms with van der Waals surface area (Å²) >= 11 is 0. The van der Waals surface area contributed by atoms with Gasteiger partial charge in [0.05, 0.1) is 6.04 Å². The molecule has 24 heavy (non-hydrogen) atoms. The Morgan fingerprint density at radius 2 is 1.54 bits per heavy atom. The molecular weight excluding hydrogens is 290 g/mol. The van der Waals surface area contributed by atoms with Gasteiger partial charge in [0, 0.05) is 12.2 Å². The molecular formula is C23H31N. The van der Waals surface area contributed by atoms with E-state index in [0.717, 1.165) is 13.0 Å². The Bertz CT molecular complexity index is 604. The number of fused-ring (bicyclic) bond motifs is 1. The molecule has 2 aromatic rings. The van der Waals surface area contributed by atoms with Crippen molar-refractivity contribution >= 4 is 5.69 Å². The van der Waals surface area contributed by atoms with Crippen LogP contribution >= 0.6 is 0 Å². The lowest BCUT2D eigenvalue weighted by molar-refractivity contribution is 0.500. The molecule has 0 aliphatic carbocycles. The van der Waals surface area contributed by atoms with Crippen LogP contribution in [0.1, 0.15) is 69.0 Å². The van der Waals surface area contributed by atoms with Gasteiger partial charge < -0.3 is 4.90 Å². The average Bonchev–Trinajstić information content (AvgIpc) is 2.65. The lowest BCUT2D eigenvalue weighted by Crippen LogP contribution is -2.35. The highest BCUT2D eigenvalue weighted by atomic mass is 15.2. The van der Waals surface area contributed by atoms with Crippen molar-refractivity contribution in [3.63, 3.8) is 0 Å². The normalized spacial score (nSPS) is 16.9. The molecule has 1 aliphatic heterocycles. The molecule has 1 heterocycles. The Morgan fingerprint density at radius 1 is 0.833 bits per heavy atom. The molecule has 1 aliphatic rings. The predicted octanol–water partition coefficient (Wildman–Crippen LogP) is 6.54. The van der Waals surface area contributed by atoms with Crippen molar-refractivity contribution in [1.29, 1.82) is 0 Å². The van der Waals surface area contributed by atoms with E-state index < -0.39 is 0 Å². The maximum absolute atomic E-state index is 2.63. The summed E-state index contributed by atoms with van der Waals surface area (Å²) in [7, 11) is 0. The van der Waals surface area contributed by atoms with Gasteiger partial charge in [-0.25, -0.2) is 0 Å². The van der Waals surface area contributed by atoms with Crippen molar-refractivity contribution in [2.24, 2.45) is 0 Å². The number of para-hydroxylation sites is 1. The first-order chi connectivity index (χ1) is 11.9. The summed E-state index contributed by atoms with van der Waals surface area (Å²) in [5.41, 5.74) is 4.49. The number of rotatable bonds is 8. The second kappa shape index (κ2) is 8.92. The molecule has 0 saturated heterocycles. The van der Waals surface area contributed by atoms with Crippen LogP contribution in [-0.2, 0) is 6.42 Å². The van der Waals surface area contributed by atoms with Gasteiger partial charge in [0.1, 0.15) is 0 Å². The number of unbranched alkanes of at least 4 members (excludes halogenated alkanes) is 5. The molecule has 1 atom stereocenters. The topological polar surface area (TPSA) is 3.24 Å². The molecule has 0 fully saturated rings. The molecule has 0 radical (unpaired) electrons. The lowest BCUT2D eigenvalue weighted by atomic mass is 9.89. The number of anilines is 1. The predicted molar refractivity (Wildman–Crippen MR) is 105 cm³/mol. The van der Waals surface area contributed by atoms with Gasteiger partial charge in [-0.15, -0.1) is 0 Å². The summed E-state index contributed by atoms with van der Waals surface area (Å²) in [6, 6.07) is 20.6. The van der Waals surface area contributed by atoms with Gasteiger partial charge in [0.25, 0.3) is 0 Å². The van der Waals surface area contributed by atoms with E-state index in [0.29, 0.717) is 6.04 Å². The highest BCUT2D eigenvalue weighted by Gasteiger charge is 2.26. The van der Waals surface area contributed by atoms with E-state index in [-0.39, 0.29) is 0 Å². The van der Waals surface area contributed by atoms with E-state index in [9.17, 15) is 0 Å². The van der Waals surface area contributed by atoms with Crippen LogP contribution in [0.15, 0.2) is 54.6 Å². The van der Waals surface area contributed by atoms with Crippen LogP contribution < -0.4 is 4.90 Å². The molecule has 0 N–H and O–H groups in total. The number of hydrogen-bond acceptors (Lipinski definition) is 1. The summed E-state index contributed by atoms with van der Waals surface area (Å²) in [6.07, 6.45) is 10.7. The van der Waals surface area contributed by atoms with Crippen LogP contribution in [0, 0.1) is 0 Å². The van der Waals surface area contributed by atoms with E-state index in [1.165, 1.54) is 50.6 Å². The highest BCUT2D eigenvalue weighted by molar-refractivity contribution is 5.52. The zero-order valence-electron chi connectivity index (χ0n) is 15.1. The Labute approximate surface area is 147 Å². The Hall–Kier alpha value is -1.76. The fourth-order valence-electron chi connectivity index (χ4n) is 4.01. The first-order valence-corrected chi connectivity index (χ1v) is 9.79. The zero-order chi connectivity index (χ0) is 16.6. The fourth-order valence-corrected chi connectivity index (χ4v) is 4.01. The second-order valence-corrected chi connectivity index (χ2v) is 7.05. The van der Waals surface area contributed by atoms with E-state index >= 15 is 0 Å². The summed E-state index contributed by atoms with van der Waals surface area (Å²) in [5.74, 6) is 0. The number of hydrogen-bond donors (Lipinski definition) is 0. The van der Waals surface area contributed by atoms with Crippen LogP contribution in [0.2, 0.25) is 0 Å². The lowest BCUT2D eigenvalue weighted by Gasteiger charge is -2.39. The summed E-state index contributed by atoms with van der Waals surface area (Å²) in [5, 5.41) is 0. The van der Waals surface area contributed by atoms with Crippen LogP contribution in [0.4, 0.5) is 5.69 Å². The van der Waals surface area contributed by atoms with E-state index in [1.54, 1.807) is 11.1 Å². The quantitative estimate of drug-likeness (QED) is 0.499. The molecule has 0 saturated carbocycles. The van der Waals surface area contributed by atoms with Crippen molar-refractivity contribution in [2.45, 2.75) is 64.3 Å². The molecule has 3 rings (SSSR count). The monoisotopic (exact) mass is 321 g/mol. The summed E-state index contributed by atoms with van der Waals surface area (Å²) in [4.78, 5) is 2.63. The third-order valence-electron chi connectivity index (χ3n) is 5.33. The molecule has 0 spiro atoms. The first kappa shape index (κ1) is 17.1. The Morgan fingerprint density at radius 3 is 2.38 bits per heavy atom. The highest BCUT2D eigenvalue weighted by Crippen LogP contribution is 2.36. The van der Waals surface area contributed by atoms with Crippen LogP contribution in [0.25, 0.3) is 0 Å². The van der Waals surface area contributed by atoms with E-state index in [2.05, 4.69) is 66.4 Å². The van der Waals surface area contributed by atoms with Crippen molar-refractivity contribution in [3.8, 4) is 0 Å². The van der Waals surface area contributed by atoms with Crippen molar-refractivity contribution in [1.82, 2.24) is 0 Å². The number of nitrogens with zero attached hydrogens (tertiary/aromatic N) is 1. The van der Waals surface area contributed by atoms with Gasteiger partial charge in [0.2, 0.25) is 0 Å². The zero-order valence-corrected chi connectivity index (χ0v) is 15.1. The van der Waals surface area contributed by atoms with E-state index in [4.69, 9.17) is 0 Å². The molecule has 2 aromatic carbocycles. The third kappa shape index (κ3) is 4.20. The average molecular weight is 322 g/mol. The van der Waals surface area contributed by atoms with Gasteiger partial charge in [-0.1, -0.05) is 87.9 Å². The number of benzene rings is 2. The van der Waals surface area contributed by atoms with Gasteiger partial charge in [-0.2, -0.15) is 0 Å². The van der Waals surface area contributed by atoms with Gasteiger partial charge in [-0.05, 0) is 36.1 Å². The molecule has 1 nitrogen and oxygen atoms in total. The standard InChI is InChI=1S/C23H31N/c1-2-3-4-5-6-10-17-23-22-16-12-11-13-20(22)18-19-24(23)21-14-8-7-9-15-21/h7-9,11-16,23H,2-6,10,17-19H2,1H3. The van der Waals surface area contributed by atoms with Gasteiger partial charge in [0.15, 0.2) is 0 Å². The van der Waals surface area contributed by atoms with Crippen LogP contribution in [-0.4, -0.2) is 6.54 Å². The largest absolute Gasteiger partial charge is 0.364 e. The minimum absolute atomic E-state index is 0.545. The molecule has 0 aromatic heterocycles. The van der Waals surface area contributed by atoms with Crippen molar-refractivity contribution < 1.29 is 0 Å². The fraction of sp³-hybridized carbons (Fsp3) is 0.478. The van der Waals surface area contributed by atoms with Gasteiger partial charge in [-0.3, -0.25) is 0 Å². The van der Waals surface area contributed by atoms with Crippen molar-refractivity contribution in [3.05, 3.63) is 65.7 Å². The van der Waals surface area contributed by atoms with Crippen LogP contribution in [0.5, 0.6) is 0 Å². The Kier molecular flexibility index (Phi) is 6.34. The third-order valence-corrected chi connectivity index (χ3v) is 5.33. The molecule has 128 valence electrons. The molecule has 1 heteroatoms. The summed E-state index contributed by atoms with van der Waals surface area (Å²) in [6.45, 7) is 3.43. The van der Waals surface area contributed by atoms with Crippen molar-refractivity contribution in [2.75, 3.05) is 11.4 Å². The molecule has 0 amide bonds. The second-order valence-electron chi connectivity index (χ2n) is 7.05. The van der Waals surface area contributed by atoms with Crippen LogP contribution in [0.3, 0.4) is 0 Å².